The molecule has 1 saturated carbocycles. The molecule has 1 heteroatoms. The van der Waals surface area contributed by atoms with Crippen molar-refractivity contribution in [3.05, 3.63) is 35.4 Å². The van der Waals surface area contributed by atoms with Crippen LogP contribution >= 0.6 is 0 Å². The van der Waals surface area contributed by atoms with Crippen molar-refractivity contribution in [2.24, 2.45) is 5.73 Å². The van der Waals surface area contributed by atoms with E-state index in [1.54, 1.807) is 0 Å². The van der Waals surface area contributed by atoms with Crippen LogP contribution in [-0.2, 0) is 0 Å². The molecule has 1 aliphatic carbocycles. The van der Waals surface area contributed by atoms with E-state index in [9.17, 15) is 0 Å². The van der Waals surface area contributed by atoms with Gasteiger partial charge in [-0.2, -0.15) is 0 Å². The first-order valence-electron chi connectivity index (χ1n) is 5.54. The molecule has 1 nitrogen and oxygen atoms in total. The van der Waals surface area contributed by atoms with Gasteiger partial charge in [0.1, 0.15) is 0 Å². The van der Waals surface area contributed by atoms with Crippen LogP contribution in [0.3, 0.4) is 0 Å². The molecule has 0 saturated heterocycles. The second-order valence-corrected chi connectivity index (χ2v) is 4.67. The van der Waals surface area contributed by atoms with Crippen LogP contribution in [0.1, 0.15) is 49.7 Å². The number of hydrogen-bond donors (Lipinski definition) is 1. The average Bonchev–Trinajstić information content (AvgIpc) is 2.16. The van der Waals surface area contributed by atoms with Gasteiger partial charge < -0.3 is 5.73 Å². The summed E-state index contributed by atoms with van der Waals surface area (Å²) in [6.07, 6.45) is 2.46. The van der Waals surface area contributed by atoms with Gasteiger partial charge in [-0.15, -0.1) is 0 Å². The van der Waals surface area contributed by atoms with Crippen molar-refractivity contribution in [1.82, 2.24) is 0 Å². The third kappa shape index (κ3) is 1.69. The zero-order valence-corrected chi connectivity index (χ0v) is 9.03. The van der Waals surface area contributed by atoms with E-state index in [1.165, 1.54) is 24.0 Å². The van der Waals surface area contributed by atoms with Crippen LogP contribution in [0.4, 0.5) is 0 Å². The van der Waals surface area contributed by atoms with Crippen molar-refractivity contribution in [3.63, 3.8) is 0 Å². The maximum absolute atomic E-state index is 5.95. The third-order valence-corrected chi connectivity index (χ3v) is 3.36. The fourth-order valence-corrected chi connectivity index (χ4v) is 2.07. The number of benzene rings is 1. The second kappa shape index (κ2) is 3.74. The van der Waals surface area contributed by atoms with Crippen LogP contribution < -0.4 is 5.73 Å². The predicted molar refractivity (Wildman–Crippen MR) is 60.5 cm³/mol. The molecule has 1 aromatic rings. The SMILES string of the molecule is CC(C)c1ccc(C2CCC2N)cc1. The Labute approximate surface area is 86.3 Å². The van der Waals surface area contributed by atoms with E-state index in [2.05, 4.69) is 38.1 Å². The summed E-state index contributed by atoms with van der Waals surface area (Å²) in [5.41, 5.74) is 8.80. The lowest BCUT2D eigenvalue weighted by atomic mass is 9.75. The molecule has 0 bridgehead atoms. The molecule has 0 amide bonds. The van der Waals surface area contributed by atoms with E-state index in [0.29, 0.717) is 17.9 Å². The Morgan fingerprint density at radius 2 is 1.79 bits per heavy atom. The van der Waals surface area contributed by atoms with Crippen LogP contribution in [0.2, 0.25) is 0 Å². The zero-order valence-electron chi connectivity index (χ0n) is 9.03. The molecular weight excluding hydrogens is 170 g/mol. The van der Waals surface area contributed by atoms with Crippen molar-refractivity contribution >= 4 is 0 Å². The topological polar surface area (TPSA) is 26.0 Å². The molecule has 2 atom stereocenters. The normalized spacial score (nSPS) is 26.3. The summed E-state index contributed by atoms with van der Waals surface area (Å²) >= 11 is 0. The summed E-state index contributed by atoms with van der Waals surface area (Å²) in [5, 5.41) is 0. The first-order valence-corrected chi connectivity index (χ1v) is 5.54. The first kappa shape index (κ1) is 9.72. The Hall–Kier alpha value is -0.820. The molecule has 2 N–H and O–H groups in total. The van der Waals surface area contributed by atoms with Gasteiger partial charge in [0.25, 0.3) is 0 Å². The zero-order chi connectivity index (χ0) is 10.1. The van der Waals surface area contributed by atoms with Gasteiger partial charge in [-0.3, -0.25) is 0 Å². The maximum atomic E-state index is 5.95. The average molecular weight is 189 g/mol. The minimum absolute atomic E-state index is 0.403. The highest BCUT2D eigenvalue weighted by molar-refractivity contribution is 5.29. The Morgan fingerprint density at radius 1 is 1.14 bits per heavy atom. The highest BCUT2D eigenvalue weighted by Gasteiger charge is 2.28. The highest BCUT2D eigenvalue weighted by Crippen LogP contribution is 2.35. The molecule has 1 fully saturated rings. The van der Waals surface area contributed by atoms with Crippen molar-refractivity contribution in [2.75, 3.05) is 0 Å². The maximum Gasteiger partial charge on any atom is 0.0108 e. The van der Waals surface area contributed by atoms with Gasteiger partial charge in [0.2, 0.25) is 0 Å². The van der Waals surface area contributed by atoms with E-state index in [0.717, 1.165) is 0 Å². The number of rotatable bonds is 2. The molecule has 2 rings (SSSR count). The lowest BCUT2D eigenvalue weighted by molar-refractivity contribution is 0.346. The first-order chi connectivity index (χ1) is 6.68. The molecule has 1 aliphatic rings. The Balaban J connectivity index is 2.13. The largest absolute Gasteiger partial charge is 0.327 e. The van der Waals surface area contributed by atoms with E-state index in [-0.39, 0.29) is 0 Å². The lowest BCUT2D eigenvalue weighted by Crippen LogP contribution is -2.37. The molecule has 1 aromatic carbocycles. The molecule has 0 aliphatic heterocycles. The Kier molecular flexibility index (Phi) is 2.60. The molecule has 0 heterocycles. The van der Waals surface area contributed by atoms with Crippen LogP contribution in [0.5, 0.6) is 0 Å². The molecule has 0 radical (unpaired) electrons. The number of hydrogen-bond acceptors (Lipinski definition) is 1. The van der Waals surface area contributed by atoms with E-state index in [1.807, 2.05) is 0 Å². The molecule has 0 spiro atoms. The minimum atomic E-state index is 0.403. The van der Waals surface area contributed by atoms with Gasteiger partial charge in [0.05, 0.1) is 0 Å². The summed E-state index contributed by atoms with van der Waals surface area (Å²) in [6, 6.07) is 9.38. The van der Waals surface area contributed by atoms with E-state index >= 15 is 0 Å². The van der Waals surface area contributed by atoms with E-state index < -0.39 is 0 Å². The van der Waals surface area contributed by atoms with Gasteiger partial charge in [0, 0.05) is 6.04 Å². The molecular formula is C13H19N. The summed E-state index contributed by atoms with van der Waals surface area (Å²) in [6.45, 7) is 4.45. The molecule has 2 unspecified atom stereocenters. The Morgan fingerprint density at radius 3 is 2.14 bits per heavy atom. The standard InChI is InChI=1S/C13H19N/c1-9(2)10-3-5-11(6-4-10)12-7-8-13(12)14/h3-6,9,12-13H,7-8,14H2,1-2H3. The van der Waals surface area contributed by atoms with Crippen LogP contribution in [0, 0.1) is 0 Å². The number of nitrogens with two attached hydrogens (primary N) is 1. The molecule has 14 heavy (non-hydrogen) atoms. The van der Waals surface area contributed by atoms with Crippen molar-refractivity contribution < 1.29 is 0 Å². The van der Waals surface area contributed by atoms with Crippen molar-refractivity contribution in [2.45, 2.75) is 44.6 Å². The monoisotopic (exact) mass is 189 g/mol. The predicted octanol–water partition coefficient (Wildman–Crippen LogP) is 3.01. The van der Waals surface area contributed by atoms with Gasteiger partial charge in [-0.05, 0) is 35.8 Å². The molecule has 0 aromatic heterocycles. The summed E-state index contributed by atoms with van der Waals surface area (Å²) < 4.78 is 0. The quantitative estimate of drug-likeness (QED) is 0.760. The van der Waals surface area contributed by atoms with Gasteiger partial charge in [-0.1, -0.05) is 38.1 Å². The van der Waals surface area contributed by atoms with Gasteiger partial charge >= 0.3 is 0 Å². The fourth-order valence-electron chi connectivity index (χ4n) is 2.07. The highest BCUT2D eigenvalue weighted by atomic mass is 14.7. The van der Waals surface area contributed by atoms with Crippen molar-refractivity contribution in [3.8, 4) is 0 Å². The lowest BCUT2D eigenvalue weighted by Gasteiger charge is -2.34. The minimum Gasteiger partial charge on any atom is -0.327 e. The summed E-state index contributed by atoms with van der Waals surface area (Å²) in [5.74, 6) is 1.25. The fraction of sp³-hybridized carbons (Fsp3) is 0.538. The van der Waals surface area contributed by atoms with E-state index in [4.69, 9.17) is 5.73 Å². The summed E-state index contributed by atoms with van der Waals surface area (Å²) in [7, 11) is 0. The van der Waals surface area contributed by atoms with Crippen LogP contribution in [-0.4, -0.2) is 6.04 Å². The van der Waals surface area contributed by atoms with Gasteiger partial charge in [-0.25, -0.2) is 0 Å². The Bertz CT molecular complexity index is 300. The van der Waals surface area contributed by atoms with Crippen LogP contribution in [0.15, 0.2) is 24.3 Å². The molecule has 76 valence electrons. The second-order valence-electron chi connectivity index (χ2n) is 4.67. The van der Waals surface area contributed by atoms with Gasteiger partial charge in [0.15, 0.2) is 0 Å². The van der Waals surface area contributed by atoms with Crippen LogP contribution in [0.25, 0.3) is 0 Å². The van der Waals surface area contributed by atoms with Crippen molar-refractivity contribution in [1.29, 1.82) is 0 Å². The third-order valence-electron chi connectivity index (χ3n) is 3.36. The smallest absolute Gasteiger partial charge is 0.0108 e. The summed E-state index contributed by atoms with van der Waals surface area (Å²) in [4.78, 5) is 0.